The van der Waals surface area contributed by atoms with Crippen molar-refractivity contribution in [1.29, 1.82) is 0 Å². The van der Waals surface area contributed by atoms with E-state index in [0.717, 1.165) is 0 Å². The minimum absolute atomic E-state index is 0.384. The molecule has 0 radical (unpaired) electrons. The average Bonchev–Trinajstić information content (AvgIpc) is 2.88. The van der Waals surface area contributed by atoms with Gasteiger partial charge in [-0.1, -0.05) is 0 Å². The second-order valence-electron chi connectivity index (χ2n) is 9.52. The fourth-order valence-corrected chi connectivity index (χ4v) is 3.62. The Balaban J connectivity index is 2.62. The number of ether oxygens (including phenoxy) is 2. The summed E-state index contributed by atoms with van der Waals surface area (Å²) < 4.78 is 335. The van der Waals surface area contributed by atoms with Crippen LogP contribution < -0.4 is 0 Å². The lowest BCUT2D eigenvalue weighted by molar-refractivity contribution is -0.397. The van der Waals surface area contributed by atoms with Crippen molar-refractivity contribution in [3.63, 3.8) is 0 Å². The molecule has 0 N–H and O–H groups in total. The molecule has 0 aromatic carbocycles. The zero-order chi connectivity index (χ0) is 38.0. The minimum Gasteiger partial charge on any atom is -0.446 e. The molecular weight excluding hydrogens is 748 g/mol. The van der Waals surface area contributed by atoms with Crippen LogP contribution in [0.25, 0.3) is 0 Å². The Hall–Kier alpha value is -3.00. The average molecular weight is 754 g/mol. The molecule has 2 fully saturated rings. The Morgan fingerprint density at radius 2 is 0.617 bits per heavy atom. The standard InChI is InChI=1S/C19H6F24O4/c1-3(5(45)47-7-10(24,25)14(32,33)18(40,41)19(42,43)15(34,35)11(7,26)27)2-4(44)46-6-8(20,21)12(28,29)16(36,37)17(38,39)13(30,31)9(6,22)23/h2,6-7H,1H3/b3-2-. The smallest absolute Gasteiger partial charge is 0.384 e. The van der Waals surface area contributed by atoms with E-state index in [4.69, 9.17) is 0 Å². The Morgan fingerprint density at radius 1 is 0.404 bits per heavy atom. The number of hydrogen-bond acceptors (Lipinski definition) is 4. The quantitative estimate of drug-likeness (QED) is 0.130. The van der Waals surface area contributed by atoms with Gasteiger partial charge in [-0.3, -0.25) is 0 Å². The first-order chi connectivity index (χ1) is 20.2. The Kier molecular flexibility index (Phi) is 8.57. The monoisotopic (exact) mass is 754 g/mol. The Morgan fingerprint density at radius 3 is 0.851 bits per heavy atom. The van der Waals surface area contributed by atoms with Crippen LogP contribution in [0.4, 0.5) is 105 Å². The van der Waals surface area contributed by atoms with Gasteiger partial charge in [0.15, 0.2) is 0 Å². The van der Waals surface area contributed by atoms with Crippen LogP contribution in [-0.2, 0) is 19.1 Å². The number of carbonyl (C=O) groups is 2. The molecule has 28 heteroatoms. The normalized spacial score (nSPS) is 30.7. The molecule has 274 valence electrons. The first kappa shape index (κ1) is 40.2. The largest absolute Gasteiger partial charge is 0.446 e. The second-order valence-corrected chi connectivity index (χ2v) is 9.52. The minimum atomic E-state index is -8.11. The third-order valence-electron chi connectivity index (χ3n) is 6.47. The summed E-state index contributed by atoms with van der Waals surface area (Å²) in [6.07, 6.45) is -13.6. The highest BCUT2D eigenvalue weighted by Gasteiger charge is 2.99. The van der Waals surface area contributed by atoms with Gasteiger partial charge >= 0.3 is 83.0 Å². The van der Waals surface area contributed by atoms with Crippen LogP contribution in [-0.4, -0.2) is 95.2 Å². The van der Waals surface area contributed by atoms with Gasteiger partial charge in [0, 0.05) is 11.6 Å². The summed E-state index contributed by atoms with van der Waals surface area (Å²) >= 11 is 0. The van der Waals surface area contributed by atoms with Gasteiger partial charge in [-0.25, -0.2) is 9.59 Å². The van der Waals surface area contributed by atoms with Crippen LogP contribution in [0.3, 0.4) is 0 Å². The topological polar surface area (TPSA) is 52.6 Å². The number of esters is 2. The van der Waals surface area contributed by atoms with Gasteiger partial charge in [0.1, 0.15) is 0 Å². The molecule has 0 aliphatic heterocycles. The Bertz CT molecular complexity index is 1250. The van der Waals surface area contributed by atoms with Crippen LogP contribution in [0, 0.1) is 0 Å². The SMILES string of the molecule is C/C(=C/C(=O)OC1C(F)(F)C(F)(F)C(F)(F)C(F)(F)C(F)(F)C1(F)F)C(=O)OC1C(F)(F)C(F)(F)C(F)(F)C(F)(F)C(F)(F)C1(F)F. The summed E-state index contributed by atoms with van der Waals surface area (Å²) in [5.74, 6) is -102. The van der Waals surface area contributed by atoms with Crippen molar-refractivity contribution >= 4 is 11.9 Å². The number of hydrogen-bond donors (Lipinski definition) is 0. The van der Waals surface area contributed by atoms with E-state index in [1.807, 2.05) is 0 Å². The fourth-order valence-electron chi connectivity index (χ4n) is 3.62. The van der Waals surface area contributed by atoms with E-state index in [9.17, 15) is 115 Å². The molecule has 0 saturated heterocycles. The highest BCUT2D eigenvalue weighted by molar-refractivity contribution is 5.96. The number of carbonyl (C=O) groups excluding carboxylic acids is 2. The van der Waals surface area contributed by atoms with Gasteiger partial charge in [0.2, 0.25) is 12.2 Å². The van der Waals surface area contributed by atoms with Crippen LogP contribution in [0.15, 0.2) is 11.6 Å². The van der Waals surface area contributed by atoms with E-state index in [0.29, 0.717) is 0 Å². The molecule has 0 aromatic heterocycles. The van der Waals surface area contributed by atoms with E-state index < -0.39 is 107 Å². The molecule has 0 unspecified atom stereocenters. The molecule has 47 heavy (non-hydrogen) atoms. The first-order valence-corrected chi connectivity index (χ1v) is 10.8. The van der Waals surface area contributed by atoms with Gasteiger partial charge in [-0.15, -0.1) is 0 Å². The van der Waals surface area contributed by atoms with Crippen molar-refractivity contribution in [2.24, 2.45) is 0 Å². The zero-order valence-corrected chi connectivity index (χ0v) is 20.9. The lowest BCUT2D eigenvalue weighted by atomic mass is 9.99. The molecule has 0 heterocycles. The van der Waals surface area contributed by atoms with Crippen molar-refractivity contribution in [3.05, 3.63) is 11.6 Å². The predicted octanol–water partition coefficient (Wildman–Crippen LogP) is 7.41. The maximum atomic E-state index is 14.1. The summed E-state index contributed by atoms with van der Waals surface area (Å²) in [6, 6.07) is 0. The molecule has 0 amide bonds. The van der Waals surface area contributed by atoms with E-state index in [1.165, 1.54) is 0 Å². The van der Waals surface area contributed by atoms with Crippen molar-refractivity contribution in [2.75, 3.05) is 0 Å². The third-order valence-corrected chi connectivity index (χ3v) is 6.47. The summed E-state index contributed by atoms with van der Waals surface area (Å²) in [7, 11) is 0. The molecule has 0 spiro atoms. The van der Waals surface area contributed by atoms with Gasteiger partial charge < -0.3 is 9.47 Å². The Labute approximate surface area is 239 Å². The lowest BCUT2D eigenvalue weighted by Crippen LogP contribution is -2.66. The van der Waals surface area contributed by atoms with Crippen LogP contribution in [0.1, 0.15) is 6.92 Å². The second kappa shape index (κ2) is 10.0. The molecule has 0 atom stereocenters. The molecule has 2 aliphatic rings. The lowest BCUT2D eigenvalue weighted by Gasteiger charge is -2.35. The summed E-state index contributed by atoms with van der Waals surface area (Å²) in [5, 5.41) is 0. The fraction of sp³-hybridized carbons (Fsp3) is 0.789. The molecule has 2 aliphatic carbocycles. The molecule has 0 bridgehead atoms. The highest BCUT2D eigenvalue weighted by atomic mass is 19.4. The van der Waals surface area contributed by atoms with Gasteiger partial charge in [0.25, 0.3) is 0 Å². The van der Waals surface area contributed by atoms with Gasteiger partial charge in [0.05, 0.1) is 0 Å². The number of rotatable bonds is 4. The summed E-state index contributed by atoms with van der Waals surface area (Å²) in [5.41, 5.74) is -2.43. The molecule has 4 nitrogen and oxygen atoms in total. The van der Waals surface area contributed by atoms with Crippen LogP contribution >= 0.6 is 0 Å². The van der Waals surface area contributed by atoms with Crippen molar-refractivity contribution < 1.29 is 124 Å². The summed E-state index contributed by atoms with van der Waals surface area (Å²) in [6.45, 7) is -0.384. The van der Waals surface area contributed by atoms with Gasteiger partial charge in [-0.2, -0.15) is 105 Å². The number of alkyl halides is 24. The maximum Gasteiger partial charge on any atom is 0.384 e. The highest BCUT2D eigenvalue weighted by Crippen LogP contribution is 2.68. The number of halogens is 24. The maximum absolute atomic E-state index is 14.1. The van der Waals surface area contributed by atoms with E-state index >= 15 is 0 Å². The molecule has 0 aromatic rings. The van der Waals surface area contributed by atoms with Gasteiger partial charge in [-0.05, 0) is 6.92 Å². The van der Waals surface area contributed by atoms with E-state index in [1.54, 1.807) is 0 Å². The molecular formula is C19H6F24O4. The predicted molar refractivity (Wildman–Crippen MR) is 92.9 cm³/mol. The van der Waals surface area contributed by atoms with E-state index in [2.05, 4.69) is 9.47 Å². The van der Waals surface area contributed by atoms with E-state index in [-0.39, 0.29) is 6.92 Å². The zero-order valence-electron chi connectivity index (χ0n) is 20.9. The van der Waals surface area contributed by atoms with Crippen LogP contribution in [0.2, 0.25) is 0 Å². The molecule has 2 rings (SSSR count). The van der Waals surface area contributed by atoms with Crippen LogP contribution in [0.5, 0.6) is 0 Å². The molecule has 2 saturated carbocycles. The van der Waals surface area contributed by atoms with Crippen molar-refractivity contribution in [1.82, 2.24) is 0 Å². The third kappa shape index (κ3) is 4.48. The first-order valence-electron chi connectivity index (χ1n) is 10.8. The van der Waals surface area contributed by atoms with Crippen molar-refractivity contribution in [3.8, 4) is 0 Å². The van der Waals surface area contributed by atoms with Crippen molar-refractivity contribution in [2.45, 2.75) is 90.2 Å². The summed E-state index contributed by atoms with van der Waals surface area (Å²) in [4.78, 5) is 23.5.